The lowest BCUT2D eigenvalue weighted by Crippen LogP contribution is -2.38. The zero-order valence-electron chi connectivity index (χ0n) is 11.0. The van der Waals surface area contributed by atoms with Gasteiger partial charge in [0, 0.05) is 11.3 Å². The van der Waals surface area contributed by atoms with Crippen LogP contribution in [0, 0.1) is 13.8 Å². The minimum atomic E-state index is -0.150. The highest BCUT2D eigenvalue weighted by Gasteiger charge is 2.25. The minimum Gasteiger partial charge on any atom is -0.327 e. The Morgan fingerprint density at radius 1 is 1.00 bits per heavy atom. The molecule has 3 rings (SSSR count). The van der Waals surface area contributed by atoms with Gasteiger partial charge in [0.05, 0.1) is 6.04 Å². The highest BCUT2D eigenvalue weighted by atomic mass is 16.2. The molecule has 0 saturated carbocycles. The first-order chi connectivity index (χ1) is 9.13. The molecule has 96 valence electrons. The SMILES string of the molecule is Cc1cc(C)cc(C2NC(=O)Nc3ccccc32)c1. The fraction of sp³-hybridized carbons (Fsp3) is 0.188. The van der Waals surface area contributed by atoms with E-state index in [1.807, 2.05) is 24.3 Å². The Hall–Kier alpha value is -2.29. The molecule has 0 aliphatic carbocycles. The molecule has 19 heavy (non-hydrogen) atoms. The number of nitrogens with one attached hydrogen (secondary N) is 2. The number of carbonyl (C=O) groups excluding carboxylic acids is 1. The maximum absolute atomic E-state index is 11.8. The Kier molecular flexibility index (Phi) is 2.75. The molecule has 1 aliphatic rings. The van der Waals surface area contributed by atoms with Gasteiger partial charge in [0.25, 0.3) is 0 Å². The fourth-order valence-corrected chi connectivity index (χ4v) is 2.67. The molecule has 2 aromatic carbocycles. The number of aryl methyl sites for hydroxylation is 2. The highest BCUT2D eigenvalue weighted by molar-refractivity contribution is 5.93. The Morgan fingerprint density at radius 2 is 1.68 bits per heavy atom. The van der Waals surface area contributed by atoms with Crippen molar-refractivity contribution in [2.24, 2.45) is 0 Å². The van der Waals surface area contributed by atoms with Crippen LogP contribution in [0.2, 0.25) is 0 Å². The van der Waals surface area contributed by atoms with Gasteiger partial charge in [-0.3, -0.25) is 0 Å². The zero-order valence-corrected chi connectivity index (χ0v) is 11.0. The van der Waals surface area contributed by atoms with Gasteiger partial charge in [-0.25, -0.2) is 4.79 Å². The van der Waals surface area contributed by atoms with Crippen LogP contribution in [0.3, 0.4) is 0 Å². The van der Waals surface area contributed by atoms with E-state index in [-0.39, 0.29) is 12.1 Å². The molecule has 2 amide bonds. The maximum Gasteiger partial charge on any atom is 0.320 e. The third-order valence-electron chi connectivity index (χ3n) is 3.37. The second-order valence-corrected chi connectivity index (χ2v) is 5.04. The van der Waals surface area contributed by atoms with Crippen LogP contribution in [-0.2, 0) is 0 Å². The summed E-state index contributed by atoms with van der Waals surface area (Å²) in [5.41, 5.74) is 5.53. The Labute approximate surface area is 112 Å². The molecule has 1 atom stereocenters. The van der Waals surface area contributed by atoms with Crippen molar-refractivity contribution in [1.82, 2.24) is 5.32 Å². The summed E-state index contributed by atoms with van der Waals surface area (Å²) in [5, 5.41) is 5.83. The Balaban J connectivity index is 2.12. The monoisotopic (exact) mass is 252 g/mol. The smallest absolute Gasteiger partial charge is 0.320 e. The molecule has 0 spiro atoms. The van der Waals surface area contributed by atoms with Gasteiger partial charge < -0.3 is 10.6 Å². The molecule has 0 fully saturated rings. The second kappa shape index (κ2) is 4.43. The standard InChI is InChI=1S/C16H16N2O/c1-10-7-11(2)9-12(8-10)15-13-5-3-4-6-14(13)17-16(19)18-15/h3-9,15H,1-2H3,(H2,17,18,19). The van der Waals surface area contributed by atoms with E-state index in [1.54, 1.807) is 0 Å². The Morgan fingerprint density at radius 3 is 2.42 bits per heavy atom. The van der Waals surface area contributed by atoms with Crippen LogP contribution in [0.25, 0.3) is 0 Å². The van der Waals surface area contributed by atoms with E-state index < -0.39 is 0 Å². The molecule has 1 aliphatic heterocycles. The van der Waals surface area contributed by atoms with Crippen LogP contribution >= 0.6 is 0 Å². The summed E-state index contributed by atoms with van der Waals surface area (Å²) >= 11 is 0. The summed E-state index contributed by atoms with van der Waals surface area (Å²) < 4.78 is 0. The molecule has 1 heterocycles. The zero-order chi connectivity index (χ0) is 13.4. The molecule has 0 saturated heterocycles. The number of anilines is 1. The second-order valence-electron chi connectivity index (χ2n) is 5.04. The fourth-order valence-electron chi connectivity index (χ4n) is 2.67. The lowest BCUT2D eigenvalue weighted by atomic mass is 9.93. The molecule has 0 aromatic heterocycles. The van der Waals surface area contributed by atoms with Gasteiger partial charge in [-0.05, 0) is 25.5 Å². The van der Waals surface area contributed by atoms with Crippen molar-refractivity contribution in [2.45, 2.75) is 19.9 Å². The van der Waals surface area contributed by atoms with Crippen molar-refractivity contribution < 1.29 is 4.79 Å². The van der Waals surface area contributed by atoms with Crippen molar-refractivity contribution in [3.05, 3.63) is 64.7 Å². The van der Waals surface area contributed by atoms with Gasteiger partial charge in [0.1, 0.15) is 0 Å². The molecule has 1 unspecified atom stereocenters. The minimum absolute atomic E-state index is 0.0800. The predicted molar refractivity (Wildman–Crippen MR) is 76.4 cm³/mol. The number of urea groups is 1. The van der Waals surface area contributed by atoms with Crippen LogP contribution in [0.15, 0.2) is 42.5 Å². The summed E-state index contributed by atoms with van der Waals surface area (Å²) in [7, 11) is 0. The van der Waals surface area contributed by atoms with Crippen molar-refractivity contribution in [3.8, 4) is 0 Å². The summed E-state index contributed by atoms with van der Waals surface area (Å²) in [6, 6.07) is 14.1. The number of carbonyl (C=O) groups is 1. The largest absolute Gasteiger partial charge is 0.327 e. The summed E-state index contributed by atoms with van der Waals surface area (Å²) in [4.78, 5) is 11.8. The molecule has 0 bridgehead atoms. The molecule has 3 heteroatoms. The maximum atomic E-state index is 11.8. The first-order valence-electron chi connectivity index (χ1n) is 6.38. The van der Waals surface area contributed by atoms with Gasteiger partial charge in [0.15, 0.2) is 0 Å². The Bertz CT molecular complexity index is 629. The number of fused-ring (bicyclic) bond motifs is 1. The van der Waals surface area contributed by atoms with E-state index in [4.69, 9.17) is 0 Å². The van der Waals surface area contributed by atoms with E-state index in [9.17, 15) is 4.79 Å². The first kappa shape index (κ1) is 11.8. The lowest BCUT2D eigenvalue weighted by molar-refractivity contribution is 0.249. The van der Waals surface area contributed by atoms with E-state index in [0.717, 1.165) is 16.8 Å². The van der Waals surface area contributed by atoms with Crippen LogP contribution in [-0.4, -0.2) is 6.03 Å². The number of benzene rings is 2. The predicted octanol–water partition coefficient (Wildman–Crippen LogP) is 3.53. The quantitative estimate of drug-likeness (QED) is 0.801. The topological polar surface area (TPSA) is 41.1 Å². The molecule has 3 nitrogen and oxygen atoms in total. The van der Waals surface area contributed by atoms with Gasteiger partial charge in [-0.15, -0.1) is 0 Å². The number of hydrogen-bond acceptors (Lipinski definition) is 1. The number of amides is 2. The normalized spacial score (nSPS) is 17.4. The van der Waals surface area contributed by atoms with Gasteiger partial charge in [0.2, 0.25) is 0 Å². The molecule has 2 aromatic rings. The van der Waals surface area contributed by atoms with E-state index in [1.165, 1.54) is 11.1 Å². The van der Waals surface area contributed by atoms with Crippen LogP contribution in [0.4, 0.5) is 10.5 Å². The first-order valence-corrected chi connectivity index (χ1v) is 6.38. The third kappa shape index (κ3) is 2.19. The van der Waals surface area contributed by atoms with Crippen molar-refractivity contribution in [1.29, 1.82) is 0 Å². The molecular weight excluding hydrogens is 236 g/mol. The van der Waals surface area contributed by atoms with Crippen LogP contribution in [0.1, 0.15) is 28.3 Å². The van der Waals surface area contributed by atoms with Crippen molar-refractivity contribution in [2.75, 3.05) is 5.32 Å². The lowest BCUT2D eigenvalue weighted by Gasteiger charge is -2.28. The van der Waals surface area contributed by atoms with Gasteiger partial charge in [-0.1, -0.05) is 47.5 Å². The number of rotatable bonds is 1. The number of hydrogen-bond donors (Lipinski definition) is 2. The molecule has 2 N–H and O–H groups in total. The average molecular weight is 252 g/mol. The van der Waals surface area contributed by atoms with Gasteiger partial charge in [-0.2, -0.15) is 0 Å². The van der Waals surface area contributed by atoms with Gasteiger partial charge >= 0.3 is 6.03 Å². The third-order valence-corrected chi connectivity index (χ3v) is 3.37. The van der Waals surface area contributed by atoms with Crippen molar-refractivity contribution >= 4 is 11.7 Å². The average Bonchev–Trinajstić information content (AvgIpc) is 2.36. The molecular formula is C16H16N2O. The van der Waals surface area contributed by atoms with Crippen LogP contribution in [0.5, 0.6) is 0 Å². The van der Waals surface area contributed by atoms with E-state index >= 15 is 0 Å². The van der Waals surface area contributed by atoms with Crippen molar-refractivity contribution in [3.63, 3.8) is 0 Å². The van der Waals surface area contributed by atoms with Crippen LogP contribution < -0.4 is 10.6 Å². The van der Waals surface area contributed by atoms with E-state index in [0.29, 0.717) is 0 Å². The highest BCUT2D eigenvalue weighted by Crippen LogP contribution is 2.32. The summed E-state index contributed by atoms with van der Waals surface area (Å²) in [6.45, 7) is 4.15. The van der Waals surface area contributed by atoms with E-state index in [2.05, 4.69) is 42.7 Å². The number of para-hydroxylation sites is 1. The summed E-state index contributed by atoms with van der Waals surface area (Å²) in [5.74, 6) is 0. The summed E-state index contributed by atoms with van der Waals surface area (Å²) in [6.07, 6.45) is 0. The molecule has 0 radical (unpaired) electrons.